The van der Waals surface area contributed by atoms with E-state index >= 15 is 0 Å². The molecule has 2 fully saturated rings. The number of carbonyl (C=O) groups is 2. The Kier molecular flexibility index (Phi) is 18.8. The van der Waals surface area contributed by atoms with E-state index in [1.807, 2.05) is 17.9 Å². The number of allylic oxidation sites excluding steroid dienone is 1. The van der Waals surface area contributed by atoms with Crippen LogP contribution in [0.1, 0.15) is 107 Å². The van der Waals surface area contributed by atoms with Crippen LogP contribution in [-0.2, 0) is 25.7 Å². The van der Waals surface area contributed by atoms with E-state index in [1.54, 1.807) is 30.3 Å². The second kappa shape index (κ2) is 24.6. The number of hydrogen-bond donors (Lipinski definition) is 4. The standard InChI is InChI=1S/C49H68N4O12/c1-3-27-62-49-44(52(23-28-61-29-26-56)45(57)22-17-34-11-5-6-12-34)32-42(51-63-33-35-15-18-37(19-16-35)53(59)60)40-30-36(13-7-9-24-54)39(14-8-10-25-55)46(47(40)49)41-31-38(20-21-43(41)65-49)64-48(58)50-4-2/h3,15-16,18-21,30-31,34,36,39,44,46-47,54-56H,1,4-14,17,22-29,32-33H2,2H3,(H,50,58). The molecule has 6 atom stereocenters. The third-order valence-corrected chi connectivity index (χ3v) is 13.4. The normalized spacial score (nSPS) is 24.0. The molecule has 3 aliphatic carbocycles. The number of nitrogens with zero attached hydrogens (tertiary/aromatic N) is 3. The fraction of sp³-hybridized carbons (Fsp3) is 0.612. The minimum atomic E-state index is -1.50. The molecule has 0 saturated heterocycles. The Labute approximate surface area is 382 Å². The molecule has 1 aliphatic heterocycles. The van der Waals surface area contributed by atoms with Crippen molar-refractivity contribution in [3.05, 3.63) is 88.0 Å². The first-order valence-electron chi connectivity index (χ1n) is 23.5. The van der Waals surface area contributed by atoms with Gasteiger partial charge in [0, 0.05) is 62.8 Å². The first kappa shape index (κ1) is 49.6. The number of hydrogen-bond acceptors (Lipinski definition) is 13. The van der Waals surface area contributed by atoms with E-state index in [4.69, 9.17) is 28.9 Å². The number of nitro groups is 1. The van der Waals surface area contributed by atoms with Gasteiger partial charge in [-0.05, 0) is 98.2 Å². The molecule has 0 radical (unpaired) electrons. The number of unbranched alkanes of at least 4 members (excludes halogenated alkanes) is 2. The highest BCUT2D eigenvalue weighted by Crippen LogP contribution is 2.62. The van der Waals surface area contributed by atoms with Crippen LogP contribution in [0.4, 0.5) is 10.5 Å². The number of nitro benzene ring substituents is 1. The summed E-state index contributed by atoms with van der Waals surface area (Å²) in [6, 6.07) is 10.7. The predicted molar refractivity (Wildman–Crippen MR) is 243 cm³/mol. The SMILES string of the molecule is C=CCOC12Oc3ccc(OC(=O)NCC)cc3C3C(CCCCO)C(CCCCO)C=C(C(=NOCc4ccc([N+](=O)[O-])cc4)CC1N(CCOCCO)C(=O)CCC1CCCC1)C32. The van der Waals surface area contributed by atoms with E-state index in [-0.39, 0.29) is 88.6 Å². The van der Waals surface area contributed by atoms with E-state index in [9.17, 15) is 35.0 Å². The monoisotopic (exact) mass is 904 g/mol. The van der Waals surface area contributed by atoms with Gasteiger partial charge in [-0.3, -0.25) is 14.9 Å². The number of oxime groups is 1. The van der Waals surface area contributed by atoms with Crippen LogP contribution >= 0.6 is 0 Å². The van der Waals surface area contributed by atoms with Crippen molar-refractivity contribution in [1.29, 1.82) is 0 Å². The van der Waals surface area contributed by atoms with Crippen molar-refractivity contribution in [1.82, 2.24) is 10.2 Å². The molecular weight excluding hydrogens is 837 g/mol. The fourth-order valence-electron chi connectivity index (χ4n) is 10.5. The van der Waals surface area contributed by atoms with Gasteiger partial charge in [0.15, 0.2) is 0 Å². The van der Waals surface area contributed by atoms with Gasteiger partial charge in [-0.1, -0.05) is 55.8 Å². The number of benzene rings is 2. The first-order valence-corrected chi connectivity index (χ1v) is 23.5. The van der Waals surface area contributed by atoms with Crippen molar-refractivity contribution in [2.24, 2.45) is 28.8 Å². The molecular formula is C49H68N4O12. The van der Waals surface area contributed by atoms with Crippen molar-refractivity contribution < 1.29 is 53.6 Å². The third kappa shape index (κ3) is 12.3. The van der Waals surface area contributed by atoms with Gasteiger partial charge in [0.2, 0.25) is 11.7 Å². The highest BCUT2D eigenvalue weighted by Gasteiger charge is 2.65. The summed E-state index contributed by atoms with van der Waals surface area (Å²) in [6.07, 6.45) is 13.2. The minimum Gasteiger partial charge on any atom is -0.459 e. The molecule has 0 aromatic heterocycles. The van der Waals surface area contributed by atoms with Crippen LogP contribution in [0.25, 0.3) is 0 Å². The van der Waals surface area contributed by atoms with Gasteiger partial charge < -0.3 is 49.3 Å². The average molecular weight is 905 g/mol. The Bertz CT molecular complexity index is 1950. The molecule has 2 amide bonds. The number of carbonyl (C=O) groups excluding carboxylic acids is 2. The quantitative estimate of drug-likeness (QED) is 0.0316. The topological polar surface area (TPSA) is 212 Å². The Balaban J connectivity index is 1.55. The van der Waals surface area contributed by atoms with E-state index in [1.165, 1.54) is 12.1 Å². The first-order chi connectivity index (χ1) is 31.7. The van der Waals surface area contributed by atoms with Crippen molar-refractivity contribution in [2.45, 2.75) is 115 Å². The summed E-state index contributed by atoms with van der Waals surface area (Å²) in [5.74, 6) is -1.28. The van der Waals surface area contributed by atoms with Gasteiger partial charge in [-0.25, -0.2) is 4.79 Å². The molecule has 16 heteroatoms. The number of nitrogens with one attached hydrogen (secondary N) is 1. The lowest BCUT2D eigenvalue weighted by atomic mass is 9.55. The van der Waals surface area contributed by atoms with Gasteiger partial charge in [0.25, 0.3) is 5.69 Å². The van der Waals surface area contributed by atoms with Crippen LogP contribution < -0.4 is 14.8 Å². The molecule has 1 heterocycles. The second-order valence-corrected chi connectivity index (χ2v) is 17.5. The van der Waals surface area contributed by atoms with E-state index in [0.717, 1.165) is 68.9 Å². The molecule has 16 nitrogen and oxygen atoms in total. The van der Waals surface area contributed by atoms with Crippen molar-refractivity contribution in [3.8, 4) is 11.5 Å². The van der Waals surface area contributed by atoms with Crippen LogP contribution in [0.3, 0.4) is 0 Å². The maximum Gasteiger partial charge on any atom is 0.412 e. The molecule has 65 heavy (non-hydrogen) atoms. The lowest BCUT2D eigenvalue weighted by Gasteiger charge is -2.60. The number of aliphatic hydroxyl groups excluding tert-OH is 3. The van der Waals surface area contributed by atoms with Gasteiger partial charge in [0.05, 0.1) is 43.0 Å². The summed E-state index contributed by atoms with van der Waals surface area (Å²) in [5.41, 5.74) is 2.87. The number of non-ortho nitro benzene ring substituents is 1. The van der Waals surface area contributed by atoms with Gasteiger partial charge in [0.1, 0.15) is 24.1 Å². The molecule has 0 spiro atoms. The zero-order chi connectivity index (χ0) is 46.2. The molecule has 6 unspecified atom stereocenters. The zero-order valence-electron chi connectivity index (χ0n) is 37.8. The molecule has 4 N–H and O–H groups in total. The number of amides is 2. The Morgan fingerprint density at radius 3 is 2.46 bits per heavy atom. The van der Waals surface area contributed by atoms with E-state index in [2.05, 4.69) is 18.0 Å². The van der Waals surface area contributed by atoms with Crippen LogP contribution in [0.2, 0.25) is 0 Å². The summed E-state index contributed by atoms with van der Waals surface area (Å²) < 4.78 is 26.0. The number of aliphatic hydroxyl groups is 3. The molecule has 6 rings (SSSR count). The minimum absolute atomic E-state index is 0.0221. The molecule has 356 valence electrons. The number of ether oxygens (including phenoxy) is 4. The Morgan fingerprint density at radius 1 is 1.02 bits per heavy atom. The van der Waals surface area contributed by atoms with E-state index < -0.39 is 28.8 Å². The molecule has 2 aromatic rings. The van der Waals surface area contributed by atoms with Gasteiger partial charge in [-0.15, -0.1) is 6.58 Å². The summed E-state index contributed by atoms with van der Waals surface area (Å²) in [6.45, 7) is 6.67. The Hall–Kier alpha value is -4.87. The third-order valence-electron chi connectivity index (χ3n) is 13.4. The zero-order valence-corrected chi connectivity index (χ0v) is 37.8. The summed E-state index contributed by atoms with van der Waals surface area (Å²) in [4.78, 5) is 46.6. The van der Waals surface area contributed by atoms with Gasteiger partial charge in [-0.2, -0.15) is 0 Å². The van der Waals surface area contributed by atoms with Crippen LogP contribution in [0, 0.1) is 33.8 Å². The largest absolute Gasteiger partial charge is 0.459 e. The maximum atomic E-state index is 14.9. The van der Waals surface area contributed by atoms with Crippen molar-refractivity contribution in [2.75, 3.05) is 52.7 Å². The fourth-order valence-corrected chi connectivity index (χ4v) is 10.5. The molecule has 2 aromatic carbocycles. The number of rotatable bonds is 26. The smallest absolute Gasteiger partial charge is 0.412 e. The Morgan fingerprint density at radius 2 is 1.77 bits per heavy atom. The summed E-state index contributed by atoms with van der Waals surface area (Å²) >= 11 is 0. The second-order valence-electron chi connectivity index (χ2n) is 17.5. The van der Waals surface area contributed by atoms with Crippen LogP contribution in [0.15, 0.2) is 71.9 Å². The predicted octanol–water partition coefficient (Wildman–Crippen LogP) is 7.34. The molecule has 2 saturated carbocycles. The van der Waals surface area contributed by atoms with Crippen LogP contribution in [-0.4, -0.2) is 107 Å². The molecule has 0 bridgehead atoms. The molecule has 4 aliphatic rings. The van der Waals surface area contributed by atoms with Gasteiger partial charge >= 0.3 is 6.09 Å². The van der Waals surface area contributed by atoms with E-state index in [0.29, 0.717) is 54.5 Å². The number of fused-ring (bicyclic) bond motifs is 2. The lowest BCUT2D eigenvalue weighted by Crippen LogP contribution is -2.70. The average Bonchev–Trinajstić information content (AvgIpc) is 3.83. The summed E-state index contributed by atoms with van der Waals surface area (Å²) in [5, 5.41) is 48.5. The highest BCUT2D eigenvalue weighted by atomic mass is 16.7. The van der Waals surface area contributed by atoms with Crippen molar-refractivity contribution >= 4 is 23.4 Å². The lowest BCUT2D eigenvalue weighted by molar-refractivity contribution is -0.384. The maximum absolute atomic E-state index is 14.9. The van der Waals surface area contributed by atoms with Crippen molar-refractivity contribution in [3.63, 3.8) is 0 Å². The van der Waals surface area contributed by atoms with Crippen LogP contribution in [0.5, 0.6) is 11.5 Å². The highest BCUT2D eigenvalue weighted by molar-refractivity contribution is 6.03. The summed E-state index contributed by atoms with van der Waals surface area (Å²) in [7, 11) is 0.